The van der Waals surface area contributed by atoms with Crippen LogP contribution in [0.2, 0.25) is 0 Å². The van der Waals surface area contributed by atoms with Crippen LogP contribution in [-0.2, 0) is 16.1 Å². The van der Waals surface area contributed by atoms with E-state index in [4.69, 9.17) is 14.2 Å². The third kappa shape index (κ3) is 6.47. The van der Waals surface area contributed by atoms with Crippen molar-refractivity contribution in [2.75, 3.05) is 33.9 Å². The van der Waals surface area contributed by atoms with Crippen molar-refractivity contribution >= 4 is 30.7 Å². The molecule has 0 radical (unpaired) electrons. The maximum atomic E-state index is 12.9. The number of ether oxygens (including phenoxy) is 3. The summed E-state index contributed by atoms with van der Waals surface area (Å²) in [5, 5.41) is 6.35. The summed E-state index contributed by atoms with van der Waals surface area (Å²) in [7, 11) is 3.25. The highest BCUT2D eigenvalue weighted by Crippen LogP contribution is 2.30. The molecule has 1 amide bonds. The van der Waals surface area contributed by atoms with E-state index in [1.54, 1.807) is 26.5 Å². The second-order valence-electron chi connectivity index (χ2n) is 6.89. The summed E-state index contributed by atoms with van der Waals surface area (Å²) in [6, 6.07) is 11.1. The Hall–Kier alpha value is -2.06. The number of halogens is 2. The minimum atomic E-state index is -0.490. The van der Waals surface area contributed by atoms with Gasteiger partial charge in [0.2, 0.25) is 11.8 Å². The van der Waals surface area contributed by atoms with Gasteiger partial charge in [-0.25, -0.2) is 4.98 Å². The van der Waals surface area contributed by atoms with Gasteiger partial charge in [-0.2, -0.15) is 0 Å². The molecular formula is C21H29Cl2N3O4. The molecule has 1 aliphatic heterocycles. The maximum absolute atomic E-state index is 12.9. The van der Waals surface area contributed by atoms with E-state index in [-0.39, 0.29) is 30.7 Å². The van der Waals surface area contributed by atoms with Gasteiger partial charge in [-0.1, -0.05) is 12.1 Å². The molecule has 0 aliphatic carbocycles. The number of benzene rings is 1. The zero-order chi connectivity index (χ0) is 19.8. The molecule has 0 atom stereocenters. The first-order chi connectivity index (χ1) is 13.7. The molecule has 2 aromatic rings. The lowest BCUT2D eigenvalue weighted by atomic mass is 9.78. The van der Waals surface area contributed by atoms with Crippen LogP contribution in [0.15, 0.2) is 42.6 Å². The second kappa shape index (κ2) is 12.6. The minimum Gasteiger partial charge on any atom is -0.497 e. The standard InChI is InChI=1S/C21H27N3O4.2ClH/c1-26-15-21(8-11-22-12-9-21)20(25)24-14-16-5-4-10-23-19(16)28-18-7-3-6-17(13-18)27-2;;/h3-7,10,13,22H,8-9,11-12,14-15H2,1-2H3,(H,24,25);2*1H. The molecule has 3 rings (SSSR count). The van der Waals surface area contributed by atoms with Crippen molar-refractivity contribution in [1.29, 1.82) is 0 Å². The number of hydrogen-bond donors (Lipinski definition) is 2. The quantitative estimate of drug-likeness (QED) is 0.632. The topological polar surface area (TPSA) is 81.7 Å². The van der Waals surface area contributed by atoms with Gasteiger partial charge in [0.25, 0.3) is 0 Å². The Bertz CT molecular complexity index is 796. The Kier molecular flexibility index (Phi) is 10.9. The number of rotatable bonds is 8. The molecule has 166 valence electrons. The number of nitrogens with zero attached hydrogens (tertiary/aromatic N) is 1. The molecule has 1 fully saturated rings. The van der Waals surface area contributed by atoms with Crippen LogP contribution >= 0.6 is 24.8 Å². The van der Waals surface area contributed by atoms with E-state index in [9.17, 15) is 4.79 Å². The molecule has 1 aromatic heterocycles. The molecule has 7 nitrogen and oxygen atoms in total. The van der Waals surface area contributed by atoms with Crippen molar-refractivity contribution in [3.63, 3.8) is 0 Å². The molecular weight excluding hydrogens is 429 g/mol. The molecule has 1 aromatic carbocycles. The number of nitrogens with one attached hydrogen (secondary N) is 2. The lowest BCUT2D eigenvalue weighted by Gasteiger charge is -2.35. The summed E-state index contributed by atoms with van der Waals surface area (Å²) in [6.07, 6.45) is 3.18. The third-order valence-corrected chi connectivity index (χ3v) is 5.01. The zero-order valence-electron chi connectivity index (χ0n) is 17.2. The van der Waals surface area contributed by atoms with Gasteiger partial charge in [0, 0.05) is 31.5 Å². The average Bonchev–Trinajstić information content (AvgIpc) is 2.74. The van der Waals surface area contributed by atoms with Crippen molar-refractivity contribution in [3.8, 4) is 17.4 Å². The monoisotopic (exact) mass is 457 g/mol. The number of carbonyl (C=O) groups excluding carboxylic acids is 1. The first-order valence-electron chi connectivity index (χ1n) is 9.41. The van der Waals surface area contributed by atoms with Crippen molar-refractivity contribution < 1.29 is 19.0 Å². The molecule has 2 N–H and O–H groups in total. The van der Waals surface area contributed by atoms with E-state index >= 15 is 0 Å². The highest BCUT2D eigenvalue weighted by molar-refractivity contribution is 5.85. The number of pyridine rings is 1. The fraction of sp³-hybridized carbons (Fsp3) is 0.429. The van der Waals surface area contributed by atoms with Crippen LogP contribution < -0.4 is 20.1 Å². The largest absolute Gasteiger partial charge is 0.497 e. The molecule has 1 saturated heterocycles. The lowest BCUT2D eigenvalue weighted by molar-refractivity contribution is -0.136. The molecule has 1 aliphatic rings. The minimum absolute atomic E-state index is 0. The SMILES string of the molecule is COCC1(C(=O)NCc2cccnc2Oc2cccc(OC)c2)CCNCC1.Cl.Cl. The number of amides is 1. The zero-order valence-corrected chi connectivity index (χ0v) is 18.8. The predicted molar refractivity (Wildman–Crippen MR) is 120 cm³/mol. The van der Waals surface area contributed by atoms with Gasteiger partial charge < -0.3 is 24.8 Å². The van der Waals surface area contributed by atoms with E-state index in [0.29, 0.717) is 30.5 Å². The Labute approximate surface area is 189 Å². The van der Waals surface area contributed by atoms with Crippen molar-refractivity contribution in [2.24, 2.45) is 5.41 Å². The van der Waals surface area contributed by atoms with Gasteiger partial charge >= 0.3 is 0 Å². The summed E-state index contributed by atoms with van der Waals surface area (Å²) < 4.78 is 16.5. The summed E-state index contributed by atoms with van der Waals surface area (Å²) in [5.41, 5.74) is 0.316. The predicted octanol–water partition coefficient (Wildman–Crippen LogP) is 3.36. The smallest absolute Gasteiger partial charge is 0.228 e. The second-order valence-corrected chi connectivity index (χ2v) is 6.89. The highest BCUT2D eigenvalue weighted by Gasteiger charge is 2.39. The third-order valence-electron chi connectivity index (χ3n) is 5.01. The molecule has 9 heteroatoms. The number of piperidine rings is 1. The fourth-order valence-electron chi connectivity index (χ4n) is 3.41. The summed E-state index contributed by atoms with van der Waals surface area (Å²) >= 11 is 0. The number of methoxy groups -OCH3 is 2. The van der Waals surface area contributed by atoms with Gasteiger partial charge in [-0.05, 0) is 44.1 Å². The van der Waals surface area contributed by atoms with Crippen LogP contribution in [0.3, 0.4) is 0 Å². The van der Waals surface area contributed by atoms with Gasteiger partial charge in [0.15, 0.2) is 0 Å². The molecule has 0 bridgehead atoms. The number of carbonyl (C=O) groups is 1. The lowest BCUT2D eigenvalue weighted by Crippen LogP contribution is -2.50. The number of hydrogen-bond acceptors (Lipinski definition) is 6. The van der Waals surface area contributed by atoms with Crippen LogP contribution in [0.4, 0.5) is 0 Å². The van der Waals surface area contributed by atoms with Crippen LogP contribution in [0.25, 0.3) is 0 Å². The van der Waals surface area contributed by atoms with E-state index < -0.39 is 5.41 Å². The fourth-order valence-corrected chi connectivity index (χ4v) is 3.41. The number of aromatic nitrogens is 1. The van der Waals surface area contributed by atoms with Gasteiger partial charge in [0.05, 0.1) is 19.1 Å². The van der Waals surface area contributed by atoms with Gasteiger partial charge in [0.1, 0.15) is 11.5 Å². The van der Waals surface area contributed by atoms with E-state index in [0.717, 1.165) is 31.5 Å². The Morgan fingerprint density at radius 3 is 2.57 bits per heavy atom. The molecule has 2 heterocycles. The molecule has 30 heavy (non-hydrogen) atoms. The van der Waals surface area contributed by atoms with Crippen LogP contribution in [0, 0.1) is 5.41 Å². The molecule has 0 spiro atoms. The first kappa shape index (κ1) is 26.0. The van der Waals surface area contributed by atoms with Crippen LogP contribution in [0.5, 0.6) is 17.4 Å². The normalized spacial score (nSPS) is 14.6. The molecule has 0 unspecified atom stereocenters. The average molecular weight is 458 g/mol. The van der Waals surface area contributed by atoms with E-state index in [2.05, 4.69) is 15.6 Å². The van der Waals surface area contributed by atoms with Gasteiger partial charge in [-0.15, -0.1) is 24.8 Å². The van der Waals surface area contributed by atoms with Crippen molar-refractivity contribution in [2.45, 2.75) is 19.4 Å². The van der Waals surface area contributed by atoms with Crippen LogP contribution in [0.1, 0.15) is 18.4 Å². The summed E-state index contributed by atoms with van der Waals surface area (Å²) in [5.74, 6) is 1.80. The summed E-state index contributed by atoms with van der Waals surface area (Å²) in [4.78, 5) is 17.3. The Morgan fingerprint density at radius 2 is 1.87 bits per heavy atom. The van der Waals surface area contributed by atoms with E-state index in [1.165, 1.54) is 0 Å². The summed E-state index contributed by atoms with van der Waals surface area (Å²) in [6.45, 7) is 2.38. The van der Waals surface area contributed by atoms with Crippen molar-refractivity contribution in [1.82, 2.24) is 15.6 Å². The Balaban J connectivity index is 0.00000225. The van der Waals surface area contributed by atoms with Crippen LogP contribution in [-0.4, -0.2) is 44.8 Å². The van der Waals surface area contributed by atoms with E-state index in [1.807, 2.05) is 30.3 Å². The first-order valence-corrected chi connectivity index (χ1v) is 9.41. The highest BCUT2D eigenvalue weighted by atomic mass is 35.5. The maximum Gasteiger partial charge on any atom is 0.228 e. The molecule has 0 saturated carbocycles. The van der Waals surface area contributed by atoms with Crippen molar-refractivity contribution in [3.05, 3.63) is 48.2 Å². The Morgan fingerprint density at radius 1 is 1.13 bits per heavy atom. The van der Waals surface area contributed by atoms with Gasteiger partial charge in [-0.3, -0.25) is 4.79 Å².